The lowest BCUT2D eigenvalue weighted by Gasteiger charge is -2.20. The minimum absolute atomic E-state index is 0.0923. The van der Waals surface area contributed by atoms with Crippen molar-refractivity contribution in [1.29, 1.82) is 0 Å². The van der Waals surface area contributed by atoms with E-state index in [4.69, 9.17) is 9.47 Å². The average Bonchev–Trinajstić information content (AvgIpc) is 2.78. The van der Waals surface area contributed by atoms with E-state index in [1.807, 2.05) is 70.2 Å². The summed E-state index contributed by atoms with van der Waals surface area (Å²) in [6.07, 6.45) is 2.22. The van der Waals surface area contributed by atoms with Crippen LogP contribution in [0.1, 0.15) is 63.4 Å². The van der Waals surface area contributed by atoms with E-state index in [1.54, 1.807) is 18.2 Å². The molecule has 0 N–H and O–H groups in total. The Morgan fingerprint density at radius 1 is 0.906 bits per heavy atom. The first-order valence-electron chi connectivity index (χ1n) is 11.3. The van der Waals surface area contributed by atoms with Crippen LogP contribution >= 0.6 is 0 Å². The van der Waals surface area contributed by atoms with Gasteiger partial charge in [-0.2, -0.15) is 0 Å². The van der Waals surface area contributed by atoms with E-state index in [0.29, 0.717) is 23.5 Å². The zero-order chi connectivity index (χ0) is 23.3. The molecule has 168 valence electrons. The number of benzene rings is 3. The lowest BCUT2D eigenvalue weighted by Crippen LogP contribution is -2.24. The topological polar surface area (TPSA) is 52.6 Å². The summed E-state index contributed by atoms with van der Waals surface area (Å²) in [6.45, 7) is 10.1. The molecule has 0 aliphatic carbocycles. The van der Waals surface area contributed by atoms with Crippen molar-refractivity contribution in [2.75, 3.05) is 0 Å². The number of esters is 1. The first-order valence-corrected chi connectivity index (χ1v) is 11.3. The SMILES string of the molecule is CCC(C)Oc1cccc(OC(=O)c2ccc3cc(CC(=O)C(C)(C)CC)ccc3c2)c1. The number of rotatable bonds is 9. The van der Waals surface area contributed by atoms with Gasteiger partial charge in [0.2, 0.25) is 0 Å². The molecule has 32 heavy (non-hydrogen) atoms. The van der Waals surface area contributed by atoms with Crippen LogP contribution in [0.25, 0.3) is 10.8 Å². The maximum Gasteiger partial charge on any atom is 0.343 e. The van der Waals surface area contributed by atoms with Crippen molar-refractivity contribution in [3.8, 4) is 11.5 Å². The molecule has 4 heteroatoms. The molecule has 3 aromatic rings. The van der Waals surface area contributed by atoms with Gasteiger partial charge in [0.1, 0.15) is 17.3 Å². The molecule has 0 radical (unpaired) electrons. The second-order valence-corrected chi connectivity index (χ2v) is 8.93. The Morgan fingerprint density at radius 3 is 2.31 bits per heavy atom. The summed E-state index contributed by atoms with van der Waals surface area (Å²) in [6, 6.07) is 18.5. The summed E-state index contributed by atoms with van der Waals surface area (Å²) >= 11 is 0. The molecule has 1 atom stereocenters. The lowest BCUT2D eigenvalue weighted by atomic mass is 9.82. The molecule has 0 aromatic heterocycles. The van der Waals surface area contributed by atoms with Crippen LogP contribution in [-0.4, -0.2) is 17.9 Å². The molecule has 0 fully saturated rings. The van der Waals surface area contributed by atoms with Crippen molar-refractivity contribution >= 4 is 22.5 Å². The molecule has 0 aliphatic heterocycles. The third-order valence-electron chi connectivity index (χ3n) is 6.07. The van der Waals surface area contributed by atoms with Gasteiger partial charge >= 0.3 is 5.97 Å². The van der Waals surface area contributed by atoms with Gasteiger partial charge in [-0.1, -0.05) is 58.0 Å². The first kappa shape index (κ1) is 23.5. The fraction of sp³-hybridized carbons (Fsp3) is 0.357. The Balaban J connectivity index is 1.74. The summed E-state index contributed by atoms with van der Waals surface area (Å²) in [5, 5.41) is 1.92. The van der Waals surface area contributed by atoms with Gasteiger partial charge in [0.05, 0.1) is 11.7 Å². The maximum absolute atomic E-state index is 12.7. The maximum atomic E-state index is 12.7. The predicted molar refractivity (Wildman–Crippen MR) is 129 cm³/mol. The highest BCUT2D eigenvalue weighted by molar-refractivity contribution is 5.97. The molecule has 0 spiro atoms. The second-order valence-electron chi connectivity index (χ2n) is 8.93. The van der Waals surface area contributed by atoms with Crippen molar-refractivity contribution in [2.45, 2.75) is 60.0 Å². The molecule has 3 rings (SSSR count). The molecular formula is C28H32O4. The summed E-state index contributed by atoms with van der Waals surface area (Å²) < 4.78 is 11.4. The number of carbonyl (C=O) groups is 2. The molecule has 0 aliphatic rings. The van der Waals surface area contributed by atoms with Gasteiger partial charge in [-0.05, 0) is 60.4 Å². The minimum atomic E-state index is -0.420. The van der Waals surface area contributed by atoms with E-state index in [9.17, 15) is 9.59 Å². The van der Waals surface area contributed by atoms with Crippen LogP contribution in [0.15, 0.2) is 60.7 Å². The number of fused-ring (bicyclic) bond motifs is 1. The molecule has 0 saturated carbocycles. The number of ether oxygens (including phenoxy) is 2. The fourth-order valence-corrected chi connectivity index (χ4v) is 3.25. The van der Waals surface area contributed by atoms with Crippen molar-refractivity contribution in [3.63, 3.8) is 0 Å². The number of carbonyl (C=O) groups excluding carboxylic acids is 2. The number of hydrogen-bond acceptors (Lipinski definition) is 4. The average molecular weight is 433 g/mol. The standard InChI is InChI=1S/C28H32O4/c1-6-19(3)31-24-9-8-10-25(18-24)32-27(30)23-14-13-21-15-20(11-12-22(21)17-23)16-26(29)28(4,5)7-2/h8-15,17-19H,6-7,16H2,1-5H3. The first-order chi connectivity index (χ1) is 15.2. The Kier molecular flexibility index (Phi) is 7.34. The van der Waals surface area contributed by atoms with E-state index < -0.39 is 5.97 Å². The zero-order valence-corrected chi connectivity index (χ0v) is 19.6. The Hall–Kier alpha value is -3.14. The molecule has 3 aromatic carbocycles. The molecule has 0 bridgehead atoms. The molecular weight excluding hydrogens is 400 g/mol. The predicted octanol–water partition coefficient (Wildman–Crippen LogP) is 6.78. The van der Waals surface area contributed by atoms with Gasteiger partial charge in [0.25, 0.3) is 0 Å². The van der Waals surface area contributed by atoms with E-state index >= 15 is 0 Å². The highest BCUT2D eigenvalue weighted by atomic mass is 16.5. The smallest absolute Gasteiger partial charge is 0.343 e. The summed E-state index contributed by atoms with van der Waals surface area (Å²) in [5.74, 6) is 0.940. The van der Waals surface area contributed by atoms with Crippen molar-refractivity contribution in [3.05, 3.63) is 71.8 Å². The van der Waals surface area contributed by atoms with Crippen LogP contribution in [-0.2, 0) is 11.2 Å². The monoisotopic (exact) mass is 432 g/mol. The summed E-state index contributed by atoms with van der Waals surface area (Å²) in [7, 11) is 0. The Labute approximate surface area is 190 Å². The van der Waals surface area contributed by atoms with E-state index in [2.05, 4.69) is 6.92 Å². The van der Waals surface area contributed by atoms with E-state index in [-0.39, 0.29) is 17.3 Å². The van der Waals surface area contributed by atoms with Crippen LogP contribution in [0, 0.1) is 5.41 Å². The normalized spacial score (nSPS) is 12.4. The van der Waals surface area contributed by atoms with E-state index in [0.717, 1.165) is 29.2 Å². The number of hydrogen-bond donors (Lipinski definition) is 0. The van der Waals surface area contributed by atoms with Crippen LogP contribution in [0.3, 0.4) is 0 Å². The molecule has 1 unspecified atom stereocenters. The van der Waals surface area contributed by atoms with Crippen LogP contribution in [0.2, 0.25) is 0 Å². The van der Waals surface area contributed by atoms with Crippen molar-refractivity contribution in [1.82, 2.24) is 0 Å². The van der Waals surface area contributed by atoms with Gasteiger partial charge in [-0.3, -0.25) is 4.79 Å². The van der Waals surface area contributed by atoms with Gasteiger partial charge < -0.3 is 9.47 Å². The van der Waals surface area contributed by atoms with Gasteiger partial charge in [-0.25, -0.2) is 4.79 Å². The largest absolute Gasteiger partial charge is 0.491 e. The fourth-order valence-electron chi connectivity index (χ4n) is 3.25. The zero-order valence-electron chi connectivity index (χ0n) is 19.6. The quantitative estimate of drug-likeness (QED) is 0.276. The second kappa shape index (κ2) is 9.99. The third-order valence-corrected chi connectivity index (χ3v) is 6.07. The number of ketones is 1. The van der Waals surface area contributed by atoms with E-state index in [1.165, 1.54) is 0 Å². The Morgan fingerprint density at radius 2 is 1.59 bits per heavy atom. The van der Waals surface area contributed by atoms with Gasteiger partial charge in [0.15, 0.2) is 0 Å². The molecule has 0 heterocycles. The molecule has 0 saturated heterocycles. The highest BCUT2D eigenvalue weighted by Crippen LogP contribution is 2.26. The minimum Gasteiger partial charge on any atom is -0.491 e. The van der Waals surface area contributed by atoms with Crippen LogP contribution in [0.4, 0.5) is 0 Å². The Bertz CT molecular complexity index is 1110. The highest BCUT2D eigenvalue weighted by Gasteiger charge is 2.25. The third kappa shape index (κ3) is 5.76. The van der Waals surface area contributed by atoms with Crippen LogP contribution < -0.4 is 9.47 Å². The molecule has 0 amide bonds. The summed E-state index contributed by atoms with van der Waals surface area (Å²) in [5.41, 5.74) is 1.14. The van der Waals surface area contributed by atoms with Crippen molar-refractivity contribution < 1.29 is 19.1 Å². The van der Waals surface area contributed by atoms with Crippen molar-refractivity contribution in [2.24, 2.45) is 5.41 Å². The lowest BCUT2D eigenvalue weighted by molar-refractivity contribution is -0.126. The van der Waals surface area contributed by atoms with Gasteiger partial charge in [-0.15, -0.1) is 0 Å². The van der Waals surface area contributed by atoms with Crippen LogP contribution in [0.5, 0.6) is 11.5 Å². The molecule has 4 nitrogen and oxygen atoms in total. The van der Waals surface area contributed by atoms with Gasteiger partial charge in [0, 0.05) is 17.9 Å². The summed E-state index contributed by atoms with van der Waals surface area (Å²) in [4.78, 5) is 25.2. The number of Topliss-reactive ketones (excluding diaryl/α,β-unsaturated/α-hetero) is 1.